The van der Waals surface area contributed by atoms with Gasteiger partial charge < -0.3 is 5.32 Å². The van der Waals surface area contributed by atoms with Crippen LogP contribution in [0.15, 0.2) is 24.3 Å². The van der Waals surface area contributed by atoms with Crippen molar-refractivity contribution in [1.82, 2.24) is 5.32 Å². The third-order valence-corrected chi connectivity index (χ3v) is 3.95. The second kappa shape index (κ2) is 4.69. The predicted molar refractivity (Wildman–Crippen MR) is 69.2 cm³/mol. The fourth-order valence-electron chi connectivity index (χ4n) is 2.60. The van der Waals surface area contributed by atoms with Crippen LogP contribution in [0.5, 0.6) is 0 Å². The van der Waals surface area contributed by atoms with E-state index in [1.54, 1.807) is 12.1 Å². The third-order valence-electron chi connectivity index (χ3n) is 3.95. The van der Waals surface area contributed by atoms with E-state index in [0.29, 0.717) is 6.04 Å². The summed E-state index contributed by atoms with van der Waals surface area (Å²) in [5.41, 5.74) is 1.30. The molecule has 1 aromatic carbocycles. The zero-order valence-corrected chi connectivity index (χ0v) is 10.3. The van der Waals surface area contributed by atoms with Gasteiger partial charge in [0.05, 0.1) is 4.92 Å². The maximum atomic E-state index is 10.6. The highest BCUT2D eigenvalue weighted by atomic mass is 16.6. The van der Waals surface area contributed by atoms with Gasteiger partial charge in [0, 0.05) is 24.7 Å². The molecule has 96 valence electrons. The summed E-state index contributed by atoms with van der Waals surface area (Å²) in [4.78, 5) is 10.2. The fourth-order valence-corrected chi connectivity index (χ4v) is 2.60. The lowest BCUT2D eigenvalue weighted by atomic mass is 10.1. The van der Waals surface area contributed by atoms with Gasteiger partial charge in [-0.25, -0.2) is 0 Å². The lowest BCUT2D eigenvalue weighted by molar-refractivity contribution is -0.384. The Hall–Kier alpha value is -1.42. The molecule has 1 aromatic rings. The lowest BCUT2D eigenvalue weighted by Gasteiger charge is -2.17. The first-order valence-electron chi connectivity index (χ1n) is 6.71. The summed E-state index contributed by atoms with van der Waals surface area (Å²) < 4.78 is 0. The number of non-ortho nitro benzene ring substituents is 1. The second-order valence-electron chi connectivity index (χ2n) is 5.51. The summed E-state index contributed by atoms with van der Waals surface area (Å²) in [5.74, 6) is 1.77. The van der Waals surface area contributed by atoms with Crippen molar-refractivity contribution in [2.45, 2.75) is 38.3 Å². The molecule has 2 aliphatic carbocycles. The standard InChI is InChI=1S/C14H18N2O2/c17-16(18)13-7-1-10(2-8-13)9-15-14(11-3-4-11)12-5-6-12/h1-2,7-8,11-12,14-15H,3-6,9H2. The summed E-state index contributed by atoms with van der Waals surface area (Å²) in [5, 5.41) is 14.2. The number of nitro benzene ring substituents is 1. The molecule has 2 fully saturated rings. The molecule has 2 saturated carbocycles. The normalized spacial score (nSPS) is 19.2. The van der Waals surface area contributed by atoms with E-state index in [9.17, 15) is 10.1 Å². The molecule has 0 bridgehead atoms. The minimum Gasteiger partial charge on any atom is -0.309 e. The van der Waals surface area contributed by atoms with Crippen molar-refractivity contribution >= 4 is 5.69 Å². The monoisotopic (exact) mass is 246 g/mol. The quantitative estimate of drug-likeness (QED) is 0.620. The zero-order chi connectivity index (χ0) is 12.5. The third kappa shape index (κ3) is 2.70. The summed E-state index contributed by atoms with van der Waals surface area (Å²) in [6.45, 7) is 0.829. The van der Waals surface area contributed by atoms with Crippen LogP contribution in [0.1, 0.15) is 31.2 Å². The van der Waals surface area contributed by atoms with Crippen LogP contribution >= 0.6 is 0 Å². The number of nitro groups is 1. The van der Waals surface area contributed by atoms with Gasteiger partial charge in [0.1, 0.15) is 0 Å². The largest absolute Gasteiger partial charge is 0.309 e. The SMILES string of the molecule is O=[N+]([O-])c1ccc(CNC(C2CC2)C2CC2)cc1. The summed E-state index contributed by atoms with van der Waals surface area (Å²) in [6.07, 6.45) is 5.48. The second-order valence-corrected chi connectivity index (χ2v) is 5.51. The molecule has 0 aliphatic heterocycles. The first-order chi connectivity index (χ1) is 8.74. The van der Waals surface area contributed by atoms with E-state index in [2.05, 4.69) is 5.32 Å². The van der Waals surface area contributed by atoms with E-state index in [4.69, 9.17) is 0 Å². The topological polar surface area (TPSA) is 55.2 Å². The Bertz CT molecular complexity index is 424. The van der Waals surface area contributed by atoms with Crippen molar-refractivity contribution in [1.29, 1.82) is 0 Å². The molecule has 1 N–H and O–H groups in total. The summed E-state index contributed by atoms with van der Waals surface area (Å²) in [7, 11) is 0. The molecule has 0 atom stereocenters. The lowest BCUT2D eigenvalue weighted by Crippen LogP contribution is -2.32. The first-order valence-corrected chi connectivity index (χ1v) is 6.71. The number of rotatable bonds is 6. The number of nitrogens with zero attached hydrogens (tertiary/aromatic N) is 1. The molecule has 0 saturated heterocycles. The summed E-state index contributed by atoms with van der Waals surface area (Å²) in [6, 6.07) is 7.55. The molecule has 0 radical (unpaired) electrons. The predicted octanol–water partition coefficient (Wildman–Crippen LogP) is 2.87. The van der Waals surface area contributed by atoms with Gasteiger partial charge in [0.25, 0.3) is 5.69 Å². The van der Waals surface area contributed by atoms with Crippen LogP contribution in [0.3, 0.4) is 0 Å². The Labute approximate surface area is 107 Å². The molecular weight excluding hydrogens is 228 g/mol. The van der Waals surface area contributed by atoms with Gasteiger partial charge >= 0.3 is 0 Å². The molecule has 0 unspecified atom stereocenters. The smallest absolute Gasteiger partial charge is 0.269 e. The van der Waals surface area contributed by atoms with Gasteiger partial charge in [-0.2, -0.15) is 0 Å². The minimum atomic E-state index is -0.353. The van der Waals surface area contributed by atoms with Crippen LogP contribution in [0.4, 0.5) is 5.69 Å². The van der Waals surface area contributed by atoms with Gasteiger partial charge in [-0.05, 0) is 43.1 Å². The minimum absolute atomic E-state index is 0.166. The van der Waals surface area contributed by atoms with Crippen molar-refractivity contribution in [3.63, 3.8) is 0 Å². The van der Waals surface area contributed by atoms with E-state index >= 15 is 0 Å². The van der Waals surface area contributed by atoms with Crippen LogP contribution in [-0.4, -0.2) is 11.0 Å². The van der Waals surface area contributed by atoms with Crippen LogP contribution < -0.4 is 5.32 Å². The maximum Gasteiger partial charge on any atom is 0.269 e. The van der Waals surface area contributed by atoms with Gasteiger partial charge in [-0.1, -0.05) is 12.1 Å². The highest BCUT2D eigenvalue weighted by Gasteiger charge is 2.40. The summed E-state index contributed by atoms with van der Waals surface area (Å²) >= 11 is 0. The van der Waals surface area contributed by atoms with Crippen molar-refractivity contribution in [3.8, 4) is 0 Å². The number of hydrogen-bond donors (Lipinski definition) is 1. The van der Waals surface area contributed by atoms with E-state index in [-0.39, 0.29) is 10.6 Å². The molecule has 18 heavy (non-hydrogen) atoms. The number of benzene rings is 1. The number of hydrogen-bond acceptors (Lipinski definition) is 3. The highest BCUT2D eigenvalue weighted by molar-refractivity contribution is 5.32. The molecule has 0 heterocycles. The van der Waals surface area contributed by atoms with E-state index < -0.39 is 0 Å². The average molecular weight is 246 g/mol. The van der Waals surface area contributed by atoms with Crippen molar-refractivity contribution < 1.29 is 4.92 Å². The fraction of sp³-hybridized carbons (Fsp3) is 0.571. The highest BCUT2D eigenvalue weighted by Crippen LogP contribution is 2.44. The Morgan fingerprint density at radius 2 is 1.72 bits per heavy atom. The van der Waals surface area contributed by atoms with Crippen LogP contribution in [0.2, 0.25) is 0 Å². The van der Waals surface area contributed by atoms with E-state index in [1.165, 1.54) is 25.7 Å². The first kappa shape index (κ1) is 11.7. The van der Waals surface area contributed by atoms with Gasteiger partial charge in [0.2, 0.25) is 0 Å². The Morgan fingerprint density at radius 3 is 2.17 bits per heavy atom. The molecule has 0 aromatic heterocycles. The molecule has 0 amide bonds. The van der Waals surface area contributed by atoms with Crippen molar-refractivity contribution in [3.05, 3.63) is 39.9 Å². The Balaban J connectivity index is 1.56. The van der Waals surface area contributed by atoms with Crippen LogP contribution in [-0.2, 0) is 6.54 Å². The maximum absolute atomic E-state index is 10.6. The van der Waals surface area contributed by atoms with E-state index in [1.807, 2.05) is 12.1 Å². The molecule has 4 heteroatoms. The van der Waals surface area contributed by atoms with Crippen LogP contribution in [0.25, 0.3) is 0 Å². The molecule has 0 spiro atoms. The average Bonchev–Trinajstić information content (AvgIpc) is 3.24. The van der Waals surface area contributed by atoms with Crippen LogP contribution in [0, 0.1) is 22.0 Å². The van der Waals surface area contributed by atoms with Gasteiger partial charge in [0.15, 0.2) is 0 Å². The molecule has 2 aliphatic rings. The molecule has 3 rings (SSSR count). The zero-order valence-electron chi connectivity index (χ0n) is 10.3. The van der Waals surface area contributed by atoms with E-state index in [0.717, 1.165) is 23.9 Å². The molecule has 4 nitrogen and oxygen atoms in total. The Kier molecular flexibility index (Phi) is 3.04. The van der Waals surface area contributed by atoms with Gasteiger partial charge in [-0.15, -0.1) is 0 Å². The van der Waals surface area contributed by atoms with Crippen molar-refractivity contribution in [2.24, 2.45) is 11.8 Å². The Morgan fingerprint density at radius 1 is 1.17 bits per heavy atom. The van der Waals surface area contributed by atoms with Gasteiger partial charge in [-0.3, -0.25) is 10.1 Å². The number of nitrogens with one attached hydrogen (secondary N) is 1. The van der Waals surface area contributed by atoms with Crippen molar-refractivity contribution in [2.75, 3.05) is 0 Å². The molecular formula is C14H18N2O2.